The zero-order valence-corrected chi connectivity index (χ0v) is 11.6. The van der Waals surface area contributed by atoms with Crippen molar-refractivity contribution in [2.75, 3.05) is 6.54 Å². The molecule has 0 aliphatic carbocycles. The number of hydrogen-bond donors (Lipinski definition) is 3. The van der Waals surface area contributed by atoms with Crippen molar-refractivity contribution in [2.24, 2.45) is 16.8 Å². The summed E-state index contributed by atoms with van der Waals surface area (Å²) < 4.78 is 0. The van der Waals surface area contributed by atoms with Gasteiger partial charge in [0, 0.05) is 16.8 Å². The Bertz CT molecular complexity index is 427. The minimum Gasteiger partial charge on any atom is -0.409 e. The average Bonchev–Trinajstić information content (AvgIpc) is 2.88. The minimum absolute atomic E-state index is 0.0820. The molecule has 0 aliphatic heterocycles. The highest BCUT2D eigenvalue weighted by molar-refractivity contribution is 7.10. The summed E-state index contributed by atoms with van der Waals surface area (Å²) in [5.74, 6) is -0.953. The van der Waals surface area contributed by atoms with Gasteiger partial charge in [-0.2, -0.15) is 0 Å². The third-order valence-corrected chi connectivity index (χ3v) is 4.08. The van der Waals surface area contributed by atoms with E-state index in [1.54, 1.807) is 18.3 Å². The maximum atomic E-state index is 11.8. The number of nitrogens with two attached hydrogens (primary N) is 1. The van der Waals surface area contributed by atoms with E-state index in [0.29, 0.717) is 6.54 Å². The van der Waals surface area contributed by atoms with Gasteiger partial charge in [0.05, 0.1) is 5.92 Å². The molecule has 0 fully saturated rings. The lowest BCUT2D eigenvalue weighted by atomic mass is 9.91. The van der Waals surface area contributed by atoms with Crippen LogP contribution in [0, 0.1) is 5.92 Å². The van der Waals surface area contributed by atoms with E-state index < -0.39 is 5.92 Å². The molecule has 100 valence electrons. The van der Waals surface area contributed by atoms with Crippen LogP contribution in [-0.4, -0.2) is 23.5 Å². The van der Waals surface area contributed by atoms with Gasteiger partial charge in [-0.1, -0.05) is 25.1 Å². The number of carbonyl (C=O) groups excluding carboxylic acids is 1. The van der Waals surface area contributed by atoms with Crippen molar-refractivity contribution in [3.8, 4) is 0 Å². The van der Waals surface area contributed by atoms with Gasteiger partial charge in [-0.3, -0.25) is 4.79 Å². The van der Waals surface area contributed by atoms with E-state index >= 15 is 0 Å². The molecule has 0 bridgehead atoms. The number of amidine groups is 1. The highest BCUT2D eigenvalue weighted by Gasteiger charge is 2.24. The first-order valence-electron chi connectivity index (χ1n) is 5.67. The van der Waals surface area contributed by atoms with Gasteiger partial charge in [-0.05, 0) is 18.4 Å². The van der Waals surface area contributed by atoms with Crippen LogP contribution in [0.15, 0.2) is 22.7 Å². The summed E-state index contributed by atoms with van der Waals surface area (Å²) in [7, 11) is 0. The maximum Gasteiger partial charge on any atom is 0.230 e. The van der Waals surface area contributed by atoms with Crippen molar-refractivity contribution in [2.45, 2.75) is 26.2 Å². The molecule has 1 amide bonds. The normalized spacial score (nSPS) is 14.3. The summed E-state index contributed by atoms with van der Waals surface area (Å²) in [6.45, 7) is 6.23. The summed E-state index contributed by atoms with van der Waals surface area (Å²) in [4.78, 5) is 13.0. The average molecular weight is 269 g/mol. The van der Waals surface area contributed by atoms with Gasteiger partial charge in [0.25, 0.3) is 0 Å². The first-order chi connectivity index (χ1) is 8.38. The van der Waals surface area contributed by atoms with Crippen molar-refractivity contribution in [3.05, 3.63) is 22.4 Å². The summed E-state index contributed by atoms with van der Waals surface area (Å²) in [5.41, 5.74) is 5.26. The molecule has 0 aliphatic rings. The summed E-state index contributed by atoms with van der Waals surface area (Å²) in [6.07, 6.45) is 0. The number of nitrogens with one attached hydrogen (secondary N) is 1. The largest absolute Gasteiger partial charge is 0.409 e. The number of rotatable bonds is 5. The number of nitrogens with zero attached hydrogens (tertiary/aromatic N) is 1. The van der Waals surface area contributed by atoms with Crippen molar-refractivity contribution in [1.29, 1.82) is 0 Å². The second-order valence-electron chi connectivity index (χ2n) is 4.83. The predicted molar refractivity (Wildman–Crippen MR) is 72.9 cm³/mol. The molecule has 0 spiro atoms. The maximum absolute atomic E-state index is 11.8. The van der Waals surface area contributed by atoms with Crippen LogP contribution >= 0.6 is 11.3 Å². The quantitative estimate of drug-likeness (QED) is 0.328. The van der Waals surface area contributed by atoms with E-state index in [1.807, 2.05) is 17.5 Å². The number of amides is 1. The topological polar surface area (TPSA) is 87.7 Å². The summed E-state index contributed by atoms with van der Waals surface area (Å²) >= 11 is 1.66. The van der Waals surface area contributed by atoms with Gasteiger partial charge >= 0.3 is 0 Å². The van der Waals surface area contributed by atoms with Crippen molar-refractivity contribution in [3.63, 3.8) is 0 Å². The highest BCUT2D eigenvalue weighted by Crippen LogP contribution is 2.26. The van der Waals surface area contributed by atoms with E-state index in [-0.39, 0.29) is 17.2 Å². The van der Waals surface area contributed by atoms with Crippen LogP contribution in [0.3, 0.4) is 0 Å². The fourth-order valence-electron chi connectivity index (χ4n) is 1.43. The van der Waals surface area contributed by atoms with Crippen molar-refractivity contribution in [1.82, 2.24) is 5.32 Å². The van der Waals surface area contributed by atoms with Crippen LogP contribution in [0.2, 0.25) is 0 Å². The molecule has 18 heavy (non-hydrogen) atoms. The molecular formula is C12H19N3O2S. The van der Waals surface area contributed by atoms with Gasteiger partial charge in [-0.25, -0.2) is 0 Å². The third-order valence-electron chi connectivity index (χ3n) is 2.85. The molecule has 0 saturated carbocycles. The molecule has 0 radical (unpaired) electrons. The molecule has 1 heterocycles. The minimum atomic E-state index is -0.630. The van der Waals surface area contributed by atoms with E-state index in [1.165, 1.54) is 4.88 Å². The van der Waals surface area contributed by atoms with Gasteiger partial charge in [0.2, 0.25) is 5.91 Å². The van der Waals surface area contributed by atoms with Gasteiger partial charge in [0.15, 0.2) is 5.84 Å². The Morgan fingerprint density at radius 2 is 2.33 bits per heavy atom. The SMILES string of the molecule is CC(C(=O)NCC(C)(C)c1cccs1)/C(N)=N/O. The molecule has 1 unspecified atom stereocenters. The predicted octanol–water partition coefficient (Wildman–Crippen LogP) is 1.52. The molecule has 1 aromatic rings. The first kappa shape index (κ1) is 14.5. The Morgan fingerprint density at radius 3 is 2.83 bits per heavy atom. The molecule has 0 saturated heterocycles. The lowest BCUT2D eigenvalue weighted by Crippen LogP contribution is -2.42. The molecule has 1 aromatic heterocycles. The van der Waals surface area contributed by atoms with Crippen LogP contribution in [0.25, 0.3) is 0 Å². The number of oxime groups is 1. The van der Waals surface area contributed by atoms with Crippen molar-refractivity contribution >= 4 is 23.1 Å². The van der Waals surface area contributed by atoms with Crippen LogP contribution in [0.1, 0.15) is 25.6 Å². The standard InChI is InChI=1S/C12H19N3O2S/c1-8(10(13)15-17)11(16)14-7-12(2,3)9-5-4-6-18-9/h4-6,8,17H,7H2,1-3H3,(H2,13,15)(H,14,16). The zero-order chi connectivity index (χ0) is 13.8. The number of thiophene rings is 1. The molecule has 1 atom stereocenters. The van der Waals surface area contributed by atoms with E-state index in [2.05, 4.69) is 24.3 Å². The Balaban J connectivity index is 2.58. The zero-order valence-electron chi connectivity index (χ0n) is 10.8. The van der Waals surface area contributed by atoms with E-state index in [9.17, 15) is 4.79 Å². The fraction of sp³-hybridized carbons (Fsp3) is 0.500. The van der Waals surface area contributed by atoms with Gasteiger partial charge in [0.1, 0.15) is 0 Å². The third kappa shape index (κ3) is 3.46. The fourth-order valence-corrected chi connectivity index (χ4v) is 2.28. The second-order valence-corrected chi connectivity index (χ2v) is 5.77. The Labute approximate surface area is 111 Å². The van der Waals surface area contributed by atoms with Gasteiger partial charge in [-0.15, -0.1) is 11.3 Å². The van der Waals surface area contributed by atoms with Crippen LogP contribution < -0.4 is 11.1 Å². The van der Waals surface area contributed by atoms with E-state index in [4.69, 9.17) is 10.9 Å². The van der Waals surface area contributed by atoms with E-state index in [0.717, 1.165) is 0 Å². The molecule has 0 aromatic carbocycles. The van der Waals surface area contributed by atoms with Crippen LogP contribution in [0.4, 0.5) is 0 Å². The van der Waals surface area contributed by atoms with Gasteiger partial charge < -0.3 is 16.3 Å². The highest BCUT2D eigenvalue weighted by atomic mass is 32.1. The van der Waals surface area contributed by atoms with Crippen LogP contribution in [0.5, 0.6) is 0 Å². The smallest absolute Gasteiger partial charge is 0.230 e. The molecule has 5 nitrogen and oxygen atoms in total. The monoisotopic (exact) mass is 269 g/mol. The molecule has 6 heteroatoms. The second kappa shape index (κ2) is 5.86. The molecular weight excluding hydrogens is 250 g/mol. The Kier molecular flexibility index (Phi) is 4.72. The molecule has 4 N–H and O–H groups in total. The lowest BCUT2D eigenvalue weighted by molar-refractivity contribution is -0.122. The number of hydrogen-bond acceptors (Lipinski definition) is 4. The molecule has 1 rings (SSSR count). The summed E-state index contributed by atoms with van der Waals surface area (Å²) in [6, 6.07) is 4.03. The summed E-state index contributed by atoms with van der Waals surface area (Å²) in [5, 5.41) is 16.2. The van der Waals surface area contributed by atoms with Crippen LogP contribution in [-0.2, 0) is 10.2 Å². The van der Waals surface area contributed by atoms with Crippen molar-refractivity contribution < 1.29 is 10.0 Å². The first-order valence-corrected chi connectivity index (χ1v) is 6.55. The number of carbonyl (C=O) groups is 1. The Morgan fingerprint density at radius 1 is 1.67 bits per heavy atom. The lowest BCUT2D eigenvalue weighted by Gasteiger charge is -2.24. The Hall–Kier alpha value is -1.56.